The second kappa shape index (κ2) is 4.84. The molecular weight excluding hydrogens is 171 g/mol. The summed E-state index contributed by atoms with van der Waals surface area (Å²) in [4.78, 5) is 9.03. The highest BCUT2D eigenvalue weighted by Crippen LogP contribution is 2.42. The Balaban J connectivity index is 3.67. The lowest BCUT2D eigenvalue weighted by atomic mass is 10.8. The predicted octanol–water partition coefficient (Wildman–Crippen LogP) is 0.889. The van der Waals surface area contributed by atoms with Crippen LogP contribution in [0.25, 0.3) is 0 Å². The molecule has 3 nitrogen and oxygen atoms in total. The summed E-state index contributed by atoms with van der Waals surface area (Å²) >= 11 is 4.53. The van der Waals surface area contributed by atoms with Crippen LogP contribution in [0.3, 0.4) is 0 Å². The summed E-state index contributed by atoms with van der Waals surface area (Å²) in [6.45, 7) is -0.974. The summed E-state index contributed by atoms with van der Waals surface area (Å²) in [7, 11) is 0. The molecule has 10 heavy (non-hydrogen) atoms. The molecule has 0 aliphatic rings. The fourth-order valence-electron chi connectivity index (χ4n) is 0.319. The van der Waals surface area contributed by atoms with Gasteiger partial charge in [-0.3, -0.25) is 4.52 Å². The van der Waals surface area contributed by atoms with Crippen LogP contribution < -0.4 is 0 Å². The van der Waals surface area contributed by atoms with Gasteiger partial charge in [0.05, 0.1) is 6.61 Å². The van der Waals surface area contributed by atoms with Crippen molar-refractivity contribution >= 4 is 18.5 Å². The number of hydrogen-bond acceptors (Lipinski definition) is 3. The Morgan fingerprint density at radius 2 is 2.30 bits per heavy atom. The maximum Gasteiger partial charge on any atom is 0.325 e. The molecule has 0 saturated carbocycles. The van der Waals surface area contributed by atoms with Crippen LogP contribution in [-0.2, 0) is 20.9 Å². The van der Waals surface area contributed by atoms with Crippen molar-refractivity contribution in [3.8, 4) is 12.3 Å². The van der Waals surface area contributed by atoms with Crippen LogP contribution >= 0.6 is 6.72 Å². The Hall–Kier alpha value is 0.0900. The first kappa shape index (κ1) is 10.1. The first-order valence-electron chi connectivity index (χ1n) is 2.67. The van der Waals surface area contributed by atoms with Gasteiger partial charge < -0.3 is 9.42 Å². The normalized spacial score (nSPS) is 15.7. The van der Waals surface area contributed by atoms with Crippen molar-refractivity contribution in [3.05, 3.63) is 0 Å². The summed E-state index contributed by atoms with van der Waals surface area (Å²) in [5.74, 6) is 2.18. The molecule has 1 unspecified atom stereocenters. The van der Waals surface area contributed by atoms with Gasteiger partial charge in [-0.15, -0.1) is 6.42 Å². The van der Waals surface area contributed by atoms with E-state index in [0.717, 1.165) is 0 Å². The molecule has 0 radical (unpaired) electrons. The fraction of sp³-hybridized carbons (Fsp3) is 0.600. The van der Waals surface area contributed by atoms with Gasteiger partial charge in [0.1, 0.15) is 6.61 Å². The molecule has 0 bridgehead atoms. The molecule has 58 valence electrons. The van der Waals surface area contributed by atoms with Gasteiger partial charge in [0, 0.05) is 0 Å². The molecule has 0 aromatic carbocycles. The second-order valence-electron chi connectivity index (χ2n) is 1.36. The minimum atomic E-state index is -3.02. The Morgan fingerprint density at radius 1 is 1.70 bits per heavy atom. The maximum absolute atomic E-state index is 9.03. The molecule has 0 heterocycles. The van der Waals surface area contributed by atoms with E-state index in [4.69, 9.17) is 15.8 Å². The SMILES string of the molecule is C#CCOP(O)(=S)OCC. The maximum atomic E-state index is 9.03. The van der Waals surface area contributed by atoms with E-state index in [1.807, 2.05) is 0 Å². The van der Waals surface area contributed by atoms with Crippen LogP contribution in [0.2, 0.25) is 0 Å². The molecule has 0 rings (SSSR count). The summed E-state index contributed by atoms with van der Waals surface area (Å²) in [6.07, 6.45) is 4.86. The van der Waals surface area contributed by atoms with Gasteiger partial charge in [-0.05, 0) is 18.7 Å². The summed E-state index contributed by atoms with van der Waals surface area (Å²) in [5.41, 5.74) is 0. The molecule has 5 heteroatoms. The molecule has 1 atom stereocenters. The third-order valence-electron chi connectivity index (χ3n) is 0.603. The summed E-state index contributed by atoms with van der Waals surface area (Å²) in [5, 5.41) is 0. The molecule has 0 amide bonds. The van der Waals surface area contributed by atoms with Gasteiger partial charge in [0.2, 0.25) is 0 Å². The van der Waals surface area contributed by atoms with E-state index in [-0.39, 0.29) is 6.61 Å². The zero-order chi connectivity index (χ0) is 8.04. The summed E-state index contributed by atoms with van der Waals surface area (Å²) in [6, 6.07) is 0. The smallest absolute Gasteiger partial charge is 0.324 e. The van der Waals surface area contributed by atoms with E-state index in [9.17, 15) is 0 Å². The van der Waals surface area contributed by atoms with Crippen LogP contribution in [0.1, 0.15) is 6.92 Å². The Morgan fingerprint density at radius 3 is 2.70 bits per heavy atom. The van der Waals surface area contributed by atoms with Crippen LogP contribution in [0.4, 0.5) is 0 Å². The second-order valence-corrected chi connectivity index (χ2v) is 4.20. The largest absolute Gasteiger partial charge is 0.325 e. The van der Waals surface area contributed by atoms with Gasteiger partial charge in [-0.2, -0.15) is 0 Å². The van der Waals surface area contributed by atoms with Gasteiger partial charge in [-0.25, -0.2) is 0 Å². The highest BCUT2D eigenvalue weighted by molar-refractivity contribution is 8.07. The van der Waals surface area contributed by atoms with Crippen molar-refractivity contribution in [2.24, 2.45) is 0 Å². The lowest BCUT2D eigenvalue weighted by molar-refractivity contribution is 0.222. The average molecular weight is 180 g/mol. The minimum Gasteiger partial charge on any atom is -0.324 e. The van der Waals surface area contributed by atoms with Crippen molar-refractivity contribution in [3.63, 3.8) is 0 Å². The standard InChI is InChI=1S/C5H9O3PS/c1-3-5-8-9(6,10)7-4-2/h1H,4-5H2,2H3,(H,6,10). The average Bonchev–Trinajstić information content (AvgIpc) is 1.84. The van der Waals surface area contributed by atoms with Crippen molar-refractivity contribution < 1.29 is 13.9 Å². The zero-order valence-corrected chi connectivity index (χ0v) is 7.32. The molecule has 0 saturated heterocycles. The predicted molar refractivity (Wildman–Crippen MR) is 42.9 cm³/mol. The van der Waals surface area contributed by atoms with Crippen molar-refractivity contribution in [1.82, 2.24) is 0 Å². The van der Waals surface area contributed by atoms with E-state index < -0.39 is 6.72 Å². The molecule has 1 N–H and O–H groups in total. The first-order valence-corrected chi connectivity index (χ1v) is 5.27. The van der Waals surface area contributed by atoms with Crippen molar-refractivity contribution in [2.45, 2.75) is 6.92 Å². The van der Waals surface area contributed by atoms with Gasteiger partial charge in [-0.1, -0.05) is 5.92 Å². The van der Waals surface area contributed by atoms with E-state index in [1.54, 1.807) is 6.92 Å². The monoisotopic (exact) mass is 180 g/mol. The molecule has 0 aliphatic heterocycles. The van der Waals surface area contributed by atoms with E-state index in [1.165, 1.54) is 0 Å². The lowest BCUT2D eigenvalue weighted by Gasteiger charge is -2.11. The first-order chi connectivity index (χ1) is 4.62. The minimum absolute atomic E-state index is 0.00617. The fourth-order valence-corrected chi connectivity index (χ4v) is 1.43. The number of terminal acetylenes is 1. The van der Waals surface area contributed by atoms with Crippen LogP contribution in [0, 0.1) is 12.3 Å². The van der Waals surface area contributed by atoms with Crippen molar-refractivity contribution in [2.75, 3.05) is 13.2 Å². The van der Waals surface area contributed by atoms with Gasteiger partial charge in [0.15, 0.2) is 0 Å². The topological polar surface area (TPSA) is 38.7 Å². The van der Waals surface area contributed by atoms with Crippen LogP contribution in [0.15, 0.2) is 0 Å². The Labute approximate surface area is 65.6 Å². The van der Waals surface area contributed by atoms with Gasteiger partial charge >= 0.3 is 6.72 Å². The Bertz CT molecular complexity index is 174. The Kier molecular flexibility index (Phi) is 4.88. The van der Waals surface area contributed by atoms with Crippen LogP contribution in [0.5, 0.6) is 0 Å². The van der Waals surface area contributed by atoms with Crippen molar-refractivity contribution in [1.29, 1.82) is 0 Å². The summed E-state index contributed by atoms with van der Waals surface area (Å²) < 4.78 is 9.34. The molecule has 0 aromatic rings. The highest BCUT2D eigenvalue weighted by atomic mass is 32.5. The lowest BCUT2D eigenvalue weighted by Crippen LogP contribution is -1.93. The van der Waals surface area contributed by atoms with Crippen LogP contribution in [-0.4, -0.2) is 18.1 Å². The third-order valence-corrected chi connectivity index (χ3v) is 2.28. The highest BCUT2D eigenvalue weighted by Gasteiger charge is 2.11. The van der Waals surface area contributed by atoms with E-state index in [2.05, 4.69) is 22.3 Å². The molecular formula is C5H9O3PS. The third kappa shape index (κ3) is 4.92. The van der Waals surface area contributed by atoms with E-state index in [0.29, 0.717) is 6.61 Å². The molecule has 0 aromatic heterocycles. The number of rotatable bonds is 4. The zero-order valence-electron chi connectivity index (χ0n) is 5.61. The van der Waals surface area contributed by atoms with E-state index >= 15 is 0 Å². The number of hydrogen-bond donors (Lipinski definition) is 1. The van der Waals surface area contributed by atoms with Gasteiger partial charge in [0.25, 0.3) is 0 Å². The molecule has 0 aliphatic carbocycles. The quantitative estimate of drug-likeness (QED) is 0.515. The molecule has 0 fully saturated rings. The molecule has 0 spiro atoms.